The standard InChI is InChI=1S/C26H34N6O2S2/c1-33-23-16-21-22(17-24(23)34-14-13-30-7-3-2-4-8-30)28-19-29-25(21)31-9-11-32(12-10-31)26(35)27-18-20-6-5-15-36-20/h5-6,15-17,19H,2-4,7-14,18H2,1H3,(H,27,35). The highest BCUT2D eigenvalue weighted by Crippen LogP contribution is 2.35. The summed E-state index contributed by atoms with van der Waals surface area (Å²) in [7, 11) is 1.69. The van der Waals surface area contributed by atoms with Gasteiger partial charge in [0.05, 0.1) is 19.2 Å². The lowest BCUT2D eigenvalue weighted by Crippen LogP contribution is -2.51. The van der Waals surface area contributed by atoms with Gasteiger partial charge >= 0.3 is 0 Å². The minimum atomic E-state index is 0.641. The SMILES string of the molecule is COc1cc2c(N3CCN(C(=S)NCc4cccs4)CC3)ncnc2cc1OCCN1CCCCC1. The molecule has 0 radical (unpaired) electrons. The second-order valence-electron chi connectivity index (χ2n) is 9.18. The zero-order valence-corrected chi connectivity index (χ0v) is 22.5. The number of piperazine rings is 1. The molecule has 0 atom stereocenters. The van der Waals surface area contributed by atoms with Crippen molar-refractivity contribution in [1.29, 1.82) is 0 Å². The van der Waals surface area contributed by atoms with Crippen LogP contribution in [0.3, 0.4) is 0 Å². The van der Waals surface area contributed by atoms with Gasteiger partial charge < -0.3 is 24.6 Å². The fourth-order valence-electron chi connectivity index (χ4n) is 4.85. The molecule has 2 saturated heterocycles. The number of fused-ring (bicyclic) bond motifs is 1. The molecular weight excluding hydrogens is 492 g/mol. The molecular formula is C26H34N6O2S2. The van der Waals surface area contributed by atoms with Gasteiger partial charge in [0.2, 0.25) is 0 Å². The van der Waals surface area contributed by atoms with E-state index in [2.05, 4.69) is 47.5 Å². The Hall–Kier alpha value is -2.69. The van der Waals surface area contributed by atoms with Gasteiger partial charge in [0.1, 0.15) is 18.8 Å². The van der Waals surface area contributed by atoms with Crippen LogP contribution in [-0.4, -0.2) is 84.4 Å². The van der Waals surface area contributed by atoms with E-state index in [0.29, 0.717) is 6.61 Å². The molecule has 1 N–H and O–H groups in total. The predicted octanol–water partition coefficient (Wildman–Crippen LogP) is 3.76. The van der Waals surface area contributed by atoms with Crippen LogP contribution in [0.2, 0.25) is 0 Å². The summed E-state index contributed by atoms with van der Waals surface area (Å²) >= 11 is 7.39. The molecule has 192 valence electrons. The van der Waals surface area contributed by atoms with Crippen LogP contribution in [0.25, 0.3) is 10.9 Å². The minimum Gasteiger partial charge on any atom is -0.493 e. The summed E-state index contributed by atoms with van der Waals surface area (Å²) in [5, 5.41) is 7.26. The zero-order valence-electron chi connectivity index (χ0n) is 20.8. The Labute approximate surface area is 222 Å². The van der Waals surface area contributed by atoms with Crippen molar-refractivity contribution >= 4 is 45.4 Å². The van der Waals surface area contributed by atoms with Gasteiger partial charge in [0.25, 0.3) is 0 Å². The summed E-state index contributed by atoms with van der Waals surface area (Å²) in [4.78, 5) is 17.5. The number of hydrogen-bond donors (Lipinski definition) is 1. The third-order valence-corrected chi connectivity index (χ3v) is 8.15. The van der Waals surface area contributed by atoms with Crippen molar-refractivity contribution < 1.29 is 9.47 Å². The molecule has 2 aliphatic heterocycles. The van der Waals surface area contributed by atoms with E-state index >= 15 is 0 Å². The van der Waals surface area contributed by atoms with Crippen LogP contribution >= 0.6 is 23.6 Å². The lowest BCUT2D eigenvalue weighted by atomic mass is 10.1. The van der Waals surface area contributed by atoms with E-state index in [1.807, 2.05) is 12.1 Å². The summed E-state index contributed by atoms with van der Waals surface area (Å²) in [5.74, 6) is 2.38. The first-order valence-electron chi connectivity index (χ1n) is 12.7. The van der Waals surface area contributed by atoms with Crippen LogP contribution in [0, 0.1) is 0 Å². The minimum absolute atomic E-state index is 0.641. The molecule has 36 heavy (non-hydrogen) atoms. The first kappa shape index (κ1) is 25.0. The molecule has 0 amide bonds. The largest absolute Gasteiger partial charge is 0.493 e. The highest BCUT2D eigenvalue weighted by atomic mass is 32.1. The van der Waals surface area contributed by atoms with Gasteiger partial charge in [0, 0.05) is 49.1 Å². The molecule has 0 bridgehead atoms. The number of methoxy groups -OCH3 is 1. The first-order valence-corrected chi connectivity index (χ1v) is 14.0. The number of thiophene rings is 1. The second-order valence-corrected chi connectivity index (χ2v) is 10.6. The van der Waals surface area contributed by atoms with Crippen molar-refractivity contribution in [2.45, 2.75) is 25.8 Å². The van der Waals surface area contributed by atoms with Gasteiger partial charge in [-0.3, -0.25) is 4.90 Å². The van der Waals surface area contributed by atoms with Crippen molar-refractivity contribution in [2.24, 2.45) is 0 Å². The average Bonchev–Trinajstić information content (AvgIpc) is 3.45. The molecule has 2 fully saturated rings. The number of benzene rings is 1. The third kappa shape index (κ3) is 5.99. The molecule has 2 aromatic heterocycles. The highest BCUT2D eigenvalue weighted by molar-refractivity contribution is 7.80. The monoisotopic (exact) mass is 526 g/mol. The zero-order chi connectivity index (χ0) is 24.7. The van der Waals surface area contributed by atoms with Gasteiger partial charge in [-0.05, 0) is 55.7 Å². The van der Waals surface area contributed by atoms with Gasteiger partial charge in [-0.1, -0.05) is 12.5 Å². The molecule has 1 aromatic carbocycles. The van der Waals surface area contributed by atoms with E-state index < -0.39 is 0 Å². The topological polar surface area (TPSA) is 66.0 Å². The van der Waals surface area contributed by atoms with Crippen LogP contribution in [0.15, 0.2) is 36.0 Å². The van der Waals surface area contributed by atoms with Gasteiger partial charge in [0.15, 0.2) is 16.6 Å². The van der Waals surface area contributed by atoms with E-state index in [1.54, 1.807) is 24.8 Å². The third-order valence-electron chi connectivity index (χ3n) is 6.87. The normalized spacial score (nSPS) is 16.8. The first-order chi connectivity index (χ1) is 17.7. The number of aromatic nitrogens is 2. The van der Waals surface area contributed by atoms with Gasteiger partial charge in [-0.15, -0.1) is 11.3 Å². The van der Waals surface area contributed by atoms with E-state index in [4.69, 9.17) is 21.7 Å². The number of nitrogens with zero attached hydrogens (tertiary/aromatic N) is 5. The van der Waals surface area contributed by atoms with Gasteiger partial charge in [-0.2, -0.15) is 0 Å². The predicted molar refractivity (Wildman–Crippen MR) is 149 cm³/mol. The van der Waals surface area contributed by atoms with Crippen molar-refractivity contribution in [3.63, 3.8) is 0 Å². The van der Waals surface area contributed by atoms with E-state index in [0.717, 1.165) is 85.7 Å². The summed E-state index contributed by atoms with van der Waals surface area (Å²) in [6.07, 6.45) is 5.54. The number of hydrogen-bond acceptors (Lipinski definition) is 8. The van der Waals surface area contributed by atoms with Gasteiger partial charge in [-0.25, -0.2) is 9.97 Å². The van der Waals surface area contributed by atoms with Crippen molar-refractivity contribution in [2.75, 3.05) is 64.4 Å². The Bertz CT molecular complexity index is 1140. The van der Waals surface area contributed by atoms with Crippen molar-refractivity contribution in [3.8, 4) is 11.5 Å². The van der Waals surface area contributed by atoms with E-state index in [-0.39, 0.29) is 0 Å². The van der Waals surface area contributed by atoms with Crippen LogP contribution < -0.4 is 19.7 Å². The Kier molecular flexibility index (Phi) is 8.35. The number of ether oxygens (including phenoxy) is 2. The smallest absolute Gasteiger partial charge is 0.169 e. The Balaban J connectivity index is 1.22. The molecule has 0 aliphatic carbocycles. The molecule has 0 unspecified atom stereocenters. The summed E-state index contributed by atoms with van der Waals surface area (Å²) in [6.45, 7) is 8.04. The molecule has 0 spiro atoms. The molecule has 0 saturated carbocycles. The maximum absolute atomic E-state index is 6.15. The molecule has 5 rings (SSSR count). The van der Waals surface area contributed by atoms with E-state index in [1.165, 1.54) is 24.1 Å². The maximum Gasteiger partial charge on any atom is 0.169 e. The van der Waals surface area contributed by atoms with E-state index in [9.17, 15) is 0 Å². The Morgan fingerprint density at radius 1 is 1.06 bits per heavy atom. The Morgan fingerprint density at radius 3 is 2.64 bits per heavy atom. The lowest BCUT2D eigenvalue weighted by molar-refractivity contribution is 0.181. The van der Waals surface area contributed by atoms with Crippen LogP contribution in [0.1, 0.15) is 24.1 Å². The van der Waals surface area contributed by atoms with Crippen molar-refractivity contribution in [3.05, 3.63) is 40.8 Å². The van der Waals surface area contributed by atoms with Crippen LogP contribution in [0.5, 0.6) is 11.5 Å². The number of thiocarbonyl (C=S) groups is 1. The summed E-state index contributed by atoms with van der Waals surface area (Å²) in [6, 6.07) is 8.18. The molecule has 10 heteroatoms. The fourth-order valence-corrected chi connectivity index (χ4v) is 5.75. The van der Waals surface area contributed by atoms with Crippen LogP contribution in [0.4, 0.5) is 5.82 Å². The molecule has 4 heterocycles. The molecule has 2 aliphatic rings. The number of rotatable bonds is 8. The van der Waals surface area contributed by atoms with Crippen molar-refractivity contribution in [1.82, 2.24) is 25.1 Å². The molecule has 8 nitrogen and oxygen atoms in total. The lowest BCUT2D eigenvalue weighted by Gasteiger charge is -2.37. The number of likely N-dealkylation sites (tertiary alicyclic amines) is 1. The van der Waals surface area contributed by atoms with Crippen LogP contribution in [-0.2, 0) is 6.54 Å². The molecule has 3 aromatic rings. The summed E-state index contributed by atoms with van der Waals surface area (Å²) < 4.78 is 11.8. The quantitative estimate of drug-likeness (QED) is 0.442. The number of piperidine rings is 1. The highest BCUT2D eigenvalue weighted by Gasteiger charge is 2.22. The number of anilines is 1. The Morgan fingerprint density at radius 2 is 1.89 bits per heavy atom. The second kappa shape index (κ2) is 12.0. The summed E-state index contributed by atoms with van der Waals surface area (Å²) in [5.41, 5.74) is 0.865. The average molecular weight is 527 g/mol. The maximum atomic E-state index is 6.15. The fraction of sp³-hybridized carbons (Fsp3) is 0.500. The number of nitrogens with one attached hydrogen (secondary N) is 1.